The van der Waals surface area contributed by atoms with Crippen molar-refractivity contribution in [3.63, 3.8) is 0 Å². The molecule has 0 aliphatic carbocycles. The van der Waals surface area contributed by atoms with Gasteiger partial charge in [-0.2, -0.15) is 10.1 Å². The summed E-state index contributed by atoms with van der Waals surface area (Å²) < 4.78 is 0. The molecular weight excluding hydrogens is 252 g/mol. The van der Waals surface area contributed by atoms with Gasteiger partial charge in [-0.25, -0.2) is 5.10 Å². The van der Waals surface area contributed by atoms with Gasteiger partial charge in [-0.3, -0.25) is 10.1 Å². The number of aromatic amines is 1. The molecule has 2 rings (SSSR count). The lowest BCUT2D eigenvalue weighted by molar-refractivity contribution is -0.112. The molecule has 104 valence electrons. The van der Waals surface area contributed by atoms with E-state index < -0.39 is 0 Å². The van der Waals surface area contributed by atoms with Crippen LogP contribution >= 0.6 is 0 Å². The van der Waals surface area contributed by atoms with Gasteiger partial charge in [-0.05, 0) is 18.6 Å². The molecule has 0 aliphatic rings. The highest BCUT2D eigenvalue weighted by Gasteiger charge is 2.10. The molecule has 2 aromatic rings. The van der Waals surface area contributed by atoms with E-state index in [1.54, 1.807) is 6.92 Å². The van der Waals surface area contributed by atoms with Crippen LogP contribution in [-0.4, -0.2) is 21.1 Å². The van der Waals surface area contributed by atoms with Gasteiger partial charge in [0.15, 0.2) is 5.82 Å². The molecule has 0 aliphatic heterocycles. The number of hydrogen-bond donors (Lipinski definition) is 2. The molecule has 0 saturated heterocycles. The van der Waals surface area contributed by atoms with Crippen LogP contribution in [0, 0.1) is 0 Å². The van der Waals surface area contributed by atoms with Crippen LogP contribution in [0.3, 0.4) is 0 Å². The summed E-state index contributed by atoms with van der Waals surface area (Å²) in [7, 11) is 0. The SMILES string of the molecule is C/C(=C\c1ccccc1)C(=O)Nc1nc(C(C)C)n[nH]1. The fourth-order valence-electron chi connectivity index (χ4n) is 1.66. The van der Waals surface area contributed by atoms with Crippen molar-refractivity contribution in [3.8, 4) is 0 Å². The van der Waals surface area contributed by atoms with E-state index in [2.05, 4.69) is 20.5 Å². The van der Waals surface area contributed by atoms with Gasteiger partial charge in [-0.15, -0.1) is 0 Å². The molecule has 1 aromatic carbocycles. The summed E-state index contributed by atoms with van der Waals surface area (Å²) in [5.74, 6) is 1.09. The Bertz CT molecular complexity index is 614. The zero-order chi connectivity index (χ0) is 14.5. The highest BCUT2D eigenvalue weighted by Crippen LogP contribution is 2.11. The fourth-order valence-corrected chi connectivity index (χ4v) is 1.66. The van der Waals surface area contributed by atoms with Crippen LogP contribution in [0.2, 0.25) is 0 Å². The number of H-pyrrole nitrogens is 1. The third-order valence-corrected chi connectivity index (χ3v) is 2.79. The van der Waals surface area contributed by atoms with Crippen molar-refractivity contribution in [1.82, 2.24) is 15.2 Å². The van der Waals surface area contributed by atoms with Gasteiger partial charge in [0.25, 0.3) is 5.91 Å². The average Bonchev–Trinajstić information content (AvgIpc) is 2.88. The molecule has 0 atom stereocenters. The highest BCUT2D eigenvalue weighted by molar-refractivity contribution is 6.05. The number of aromatic nitrogens is 3. The van der Waals surface area contributed by atoms with E-state index in [9.17, 15) is 4.79 Å². The largest absolute Gasteiger partial charge is 0.291 e. The lowest BCUT2D eigenvalue weighted by Gasteiger charge is -2.02. The van der Waals surface area contributed by atoms with Crippen LogP contribution in [-0.2, 0) is 4.79 Å². The molecule has 5 heteroatoms. The van der Waals surface area contributed by atoms with Crippen molar-refractivity contribution >= 4 is 17.9 Å². The van der Waals surface area contributed by atoms with Gasteiger partial charge in [0.1, 0.15) is 0 Å². The second-order valence-electron chi connectivity index (χ2n) is 4.89. The van der Waals surface area contributed by atoms with E-state index >= 15 is 0 Å². The van der Waals surface area contributed by atoms with Crippen molar-refractivity contribution in [2.75, 3.05) is 5.32 Å². The summed E-state index contributed by atoms with van der Waals surface area (Å²) in [6, 6.07) is 9.70. The Hall–Kier alpha value is -2.43. The summed E-state index contributed by atoms with van der Waals surface area (Å²) in [4.78, 5) is 16.2. The van der Waals surface area contributed by atoms with Crippen LogP contribution in [0.25, 0.3) is 6.08 Å². The number of carbonyl (C=O) groups is 1. The van der Waals surface area contributed by atoms with E-state index in [4.69, 9.17) is 0 Å². The first-order valence-electron chi connectivity index (χ1n) is 6.53. The highest BCUT2D eigenvalue weighted by atomic mass is 16.1. The topological polar surface area (TPSA) is 70.7 Å². The minimum absolute atomic E-state index is 0.194. The normalized spacial score (nSPS) is 11.7. The summed E-state index contributed by atoms with van der Waals surface area (Å²) in [6.07, 6.45) is 1.83. The third-order valence-electron chi connectivity index (χ3n) is 2.79. The Morgan fingerprint density at radius 2 is 2.00 bits per heavy atom. The zero-order valence-electron chi connectivity index (χ0n) is 11.8. The Morgan fingerprint density at radius 3 is 2.60 bits per heavy atom. The Kier molecular flexibility index (Phi) is 4.30. The smallest absolute Gasteiger partial charge is 0.253 e. The average molecular weight is 270 g/mol. The van der Waals surface area contributed by atoms with E-state index in [1.807, 2.05) is 50.3 Å². The molecule has 5 nitrogen and oxygen atoms in total. The third kappa shape index (κ3) is 3.54. The van der Waals surface area contributed by atoms with Crippen LogP contribution in [0.1, 0.15) is 38.1 Å². The summed E-state index contributed by atoms with van der Waals surface area (Å²) in [5.41, 5.74) is 1.60. The molecule has 1 heterocycles. The van der Waals surface area contributed by atoms with E-state index in [-0.39, 0.29) is 11.8 Å². The van der Waals surface area contributed by atoms with Gasteiger partial charge >= 0.3 is 0 Å². The van der Waals surface area contributed by atoms with Crippen LogP contribution in [0.5, 0.6) is 0 Å². The van der Waals surface area contributed by atoms with Gasteiger partial charge in [-0.1, -0.05) is 44.2 Å². The Balaban J connectivity index is 2.05. The number of nitrogens with zero attached hydrogens (tertiary/aromatic N) is 2. The standard InChI is InChI=1S/C15H18N4O/c1-10(2)13-16-15(19-18-13)17-14(20)11(3)9-12-7-5-4-6-8-12/h4-10H,1-3H3,(H2,16,17,18,19,20)/b11-9+. The number of rotatable bonds is 4. The van der Waals surface area contributed by atoms with Crippen LogP contribution in [0.4, 0.5) is 5.95 Å². The van der Waals surface area contributed by atoms with E-state index in [0.717, 1.165) is 5.56 Å². The first-order valence-corrected chi connectivity index (χ1v) is 6.53. The Labute approximate surface area is 118 Å². The van der Waals surface area contributed by atoms with Crippen molar-refractivity contribution in [2.45, 2.75) is 26.7 Å². The van der Waals surface area contributed by atoms with Gasteiger partial charge in [0.05, 0.1) is 0 Å². The number of benzene rings is 1. The molecular formula is C15H18N4O. The van der Waals surface area contributed by atoms with Crippen molar-refractivity contribution in [1.29, 1.82) is 0 Å². The summed E-state index contributed by atoms with van der Waals surface area (Å²) >= 11 is 0. The molecule has 0 fully saturated rings. The van der Waals surface area contributed by atoms with E-state index in [0.29, 0.717) is 17.3 Å². The molecule has 0 spiro atoms. The van der Waals surface area contributed by atoms with Gasteiger partial charge in [0, 0.05) is 11.5 Å². The maximum absolute atomic E-state index is 12.0. The van der Waals surface area contributed by atoms with Crippen molar-refractivity contribution < 1.29 is 4.79 Å². The first kappa shape index (κ1) is 14.0. The summed E-state index contributed by atoms with van der Waals surface area (Å²) in [5, 5.41) is 9.46. The monoisotopic (exact) mass is 270 g/mol. The molecule has 0 saturated carbocycles. The summed E-state index contributed by atoms with van der Waals surface area (Å²) in [6.45, 7) is 5.76. The maximum Gasteiger partial charge on any atom is 0.253 e. The molecule has 0 bridgehead atoms. The predicted octanol–water partition coefficient (Wildman–Crippen LogP) is 2.97. The maximum atomic E-state index is 12.0. The Morgan fingerprint density at radius 1 is 1.30 bits per heavy atom. The second-order valence-corrected chi connectivity index (χ2v) is 4.89. The van der Waals surface area contributed by atoms with Crippen molar-refractivity contribution in [3.05, 3.63) is 47.3 Å². The fraction of sp³-hybridized carbons (Fsp3) is 0.267. The molecule has 0 unspecified atom stereocenters. The first-order chi connectivity index (χ1) is 9.56. The van der Waals surface area contributed by atoms with Gasteiger partial charge in [0.2, 0.25) is 5.95 Å². The van der Waals surface area contributed by atoms with E-state index in [1.165, 1.54) is 0 Å². The van der Waals surface area contributed by atoms with Crippen LogP contribution in [0.15, 0.2) is 35.9 Å². The molecule has 20 heavy (non-hydrogen) atoms. The quantitative estimate of drug-likeness (QED) is 0.839. The molecule has 1 amide bonds. The number of nitrogens with one attached hydrogen (secondary N) is 2. The minimum Gasteiger partial charge on any atom is -0.291 e. The lowest BCUT2D eigenvalue weighted by Crippen LogP contribution is -2.13. The van der Waals surface area contributed by atoms with Crippen molar-refractivity contribution in [2.24, 2.45) is 0 Å². The lowest BCUT2D eigenvalue weighted by atomic mass is 10.1. The predicted molar refractivity (Wildman–Crippen MR) is 79.2 cm³/mol. The molecule has 1 aromatic heterocycles. The number of amides is 1. The second kappa shape index (κ2) is 6.14. The number of hydrogen-bond acceptors (Lipinski definition) is 3. The molecule has 2 N–H and O–H groups in total. The number of carbonyl (C=O) groups excluding carboxylic acids is 1. The van der Waals surface area contributed by atoms with Gasteiger partial charge < -0.3 is 0 Å². The number of anilines is 1. The molecule has 0 radical (unpaired) electrons. The zero-order valence-corrected chi connectivity index (χ0v) is 11.8. The van der Waals surface area contributed by atoms with Crippen LogP contribution < -0.4 is 5.32 Å². The minimum atomic E-state index is -0.194.